The summed E-state index contributed by atoms with van der Waals surface area (Å²) in [6.07, 6.45) is 6.90. The lowest BCUT2D eigenvalue weighted by Crippen LogP contribution is -2.48. The Morgan fingerprint density at radius 1 is 0.844 bits per heavy atom. The van der Waals surface area contributed by atoms with E-state index in [1.54, 1.807) is 14.0 Å². The molecular formula is C33H60N8O4. The highest BCUT2D eigenvalue weighted by molar-refractivity contribution is 5.88. The molecule has 0 aromatic heterocycles. The SMILES string of the molecule is COc1ccccc1CC(=O)NC(CC(C)C)C(=O)NCCCCCNCCCNCCCNC(=O)C(N)CCCN=C(C)N. The highest BCUT2D eigenvalue weighted by Gasteiger charge is 2.22. The highest BCUT2D eigenvalue weighted by atomic mass is 16.5. The Labute approximate surface area is 270 Å². The van der Waals surface area contributed by atoms with Crippen molar-refractivity contribution in [2.24, 2.45) is 22.4 Å². The number of unbranched alkanes of at least 4 members (excludes halogenated alkanes) is 2. The molecule has 0 aliphatic heterocycles. The lowest BCUT2D eigenvalue weighted by Gasteiger charge is -2.20. The first-order valence-corrected chi connectivity index (χ1v) is 16.5. The van der Waals surface area contributed by atoms with Crippen LogP contribution in [0, 0.1) is 5.92 Å². The van der Waals surface area contributed by atoms with Gasteiger partial charge in [0, 0.05) is 25.2 Å². The van der Waals surface area contributed by atoms with Crippen molar-refractivity contribution >= 4 is 23.6 Å². The minimum atomic E-state index is -0.554. The predicted octanol–water partition coefficient (Wildman–Crippen LogP) is 1.62. The second-order valence-electron chi connectivity index (χ2n) is 11.9. The fourth-order valence-electron chi connectivity index (χ4n) is 4.70. The molecule has 0 heterocycles. The van der Waals surface area contributed by atoms with Crippen LogP contribution in [-0.2, 0) is 20.8 Å². The maximum atomic E-state index is 12.8. The van der Waals surface area contributed by atoms with Crippen LogP contribution in [0.25, 0.3) is 0 Å². The summed E-state index contributed by atoms with van der Waals surface area (Å²) in [7, 11) is 1.58. The van der Waals surface area contributed by atoms with Gasteiger partial charge in [-0.1, -0.05) is 38.5 Å². The number of nitrogens with one attached hydrogen (secondary N) is 5. The molecule has 12 nitrogen and oxygen atoms in total. The van der Waals surface area contributed by atoms with Crippen molar-refractivity contribution < 1.29 is 19.1 Å². The van der Waals surface area contributed by atoms with Gasteiger partial charge in [0.1, 0.15) is 11.8 Å². The first kappa shape index (κ1) is 39.8. The Morgan fingerprint density at radius 2 is 1.44 bits per heavy atom. The molecule has 3 amide bonds. The van der Waals surface area contributed by atoms with Gasteiger partial charge < -0.3 is 42.8 Å². The minimum absolute atomic E-state index is 0.116. The van der Waals surface area contributed by atoms with Crippen LogP contribution in [-0.4, -0.2) is 88.6 Å². The van der Waals surface area contributed by atoms with Gasteiger partial charge in [0.2, 0.25) is 17.7 Å². The number of carbonyl (C=O) groups is 3. The van der Waals surface area contributed by atoms with Crippen molar-refractivity contribution in [1.82, 2.24) is 26.6 Å². The summed E-state index contributed by atoms with van der Waals surface area (Å²) >= 11 is 0. The number of carbonyl (C=O) groups excluding carboxylic acids is 3. The minimum Gasteiger partial charge on any atom is -0.496 e. The van der Waals surface area contributed by atoms with Crippen LogP contribution in [0.5, 0.6) is 5.75 Å². The molecule has 0 spiro atoms. The number of aliphatic imine (C=N–C) groups is 1. The van der Waals surface area contributed by atoms with Crippen LogP contribution in [0.1, 0.15) is 77.7 Å². The topological polar surface area (TPSA) is 185 Å². The maximum absolute atomic E-state index is 12.8. The summed E-state index contributed by atoms with van der Waals surface area (Å²) in [5, 5.41) is 15.7. The second-order valence-corrected chi connectivity index (χ2v) is 11.9. The molecular weight excluding hydrogens is 572 g/mol. The molecule has 0 saturated carbocycles. The van der Waals surface area contributed by atoms with Crippen LogP contribution < -0.4 is 42.8 Å². The summed E-state index contributed by atoms with van der Waals surface area (Å²) in [6, 6.07) is 6.35. The number of amides is 3. The van der Waals surface area contributed by atoms with Crippen molar-refractivity contribution in [2.75, 3.05) is 52.9 Å². The second kappa shape index (κ2) is 25.0. The van der Waals surface area contributed by atoms with Gasteiger partial charge in [0.25, 0.3) is 0 Å². The quantitative estimate of drug-likeness (QED) is 0.0456. The third kappa shape index (κ3) is 20.4. The molecule has 1 aromatic rings. The number of nitrogens with zero attached hydrogens (tertiary/aromatic N) is 1. The molecule has 2 unspecified atom stereocenters. The van der Waals surface area contributed by atoms with E-state index in [4.69, 9.17) is 16.2 Å². The molecule has 1 aromatic carbocycles. The third-order valence-corrected chi connectivity index (χ3v) is 7.14. The fourth-order valence-corrected chi connectivity index (χ4v) is 4.70. The fraction of sp³-hybridized carbons (Fsp3) is 0.697. The molecule has 12 heteroatoms. The Morgan fingerprint density at radius 3 is 2.11 bits per heavy atom. The highest BCUT2D eigenvalue weighted by Crippen LogP contribution is 2.18. The number of ether oxygens (including phenoxy) is 1. The van der Waals surface area contributed by atoms with E-state index < -0.39 is 12.1 Å². The van der Waals surface area contributed by atoms with E-state index in [2.05, 4.69) is 31.6 Å². The maximum Gasteiger partial charge on any atom is 0.242 e. The molecule has 2 atom stereocenters. The Hall–Kier alpha value is -3.22. The van der Waals surface area contributed by atoms with Crippen molar-refractivity contribution in [3.05, 3.63) is 29.8 Å². The van der Waals surface area contributed by atoms with E-state index in [0.717, 1.165) is 70.3 Å². The van der Waals surface area contributed by atoms with Crippen LogP contribution in [0.4, 0.5) is 0 Å². The molecule has 0 radical (unpaired) electrons. The van der Waals surface area contributed by atoms with Crippen LogP contribution >= 0.6 is 0 Å². The zero-order valence-corrected chi connectivity index (χ0v) is 28.1. The standard InChI is InChI=1S/C33H60N8O4/c1-25(2)23-29(41-31(42)24-27-13-6-7-15-30(27)45-4)33(44)40-20-9-5-8-16-36-17-11-18-37-19-12-22-39-32(43)28(35)14-10-21-38-26(3)34/h6-7,13,15,25,28-29,36-37H,5,8-12,14,16-24,35H2,1-4H3,(H2,34,38)(H,39,43)(H,40,44)(H,41,42). The van der Waals surface area contributed by atoms with Crippen molar-refractivity contribution in [3.8, 4) is 5.75 Å². The number of rotatable bonds is 26. The molecule has 0 aliphatic carbocycles. The van der Waals surface area contributed by atoms with Gasteiger partial charge in [-0.05, 0) is 90.0 Å². The van der Waals surface area contributed by atoms with Crippen LogP contribution in [0.15, 0.2) is 29.3 Å². The van der Waals surface area contributed by atoms with E-state index >= 15 is 0 Å². The predicted molar refractivity (Wildman–Crippen MR) is 182 cm³/mol. The van der Waals surface area contributed by atoms with Gasteiger partial charge in [-0.3, -0.25) is 19.4 Å². The summed E-state index contributed by atoms with van der Waals surface area (Å²) in [4.78, 5) is 41.6. The van der Waals surface area contributed by atoms with Crippen molar-refractivity contribution in [3.63, 3.8) is 0 Å². The van der Waals surface area contributed by atoms with E-state index in [9.17, 15) is 14.4 Å². The lowest BCUT2D eigenvalue weighted by molar-refractivity contribution is -0.129. The Kier molecular flexibility index (Phi) is 22.1. The van der Waals surface area contributed by atoms with Crippen LogP contribution in [0.2, 0.25) is 0 Å². The number of amidine groups is 1. The average Bonchev–Trinajstić information content (AvgIpc) is 3.00. The smallest absolute Gasteiger partial charge is 0.242 e. The van der Waals surface area contributed by atoms with Gasteiger partial charge in [-0.25, -0.2) is 0 Å². The molecule has 0 bridgehead atoms. The number of nitrogens with two attached hydrogens (primary N) is 2. The number of para-hydroxylation sites is 1. The third-order valence-electron chi connectivity index (χ3n) is 7.14. The van der Waals surface area contributed by atoms with Crippen molar-refractivity contribution in [2.45, 2.75) is 90.6 Å². The number of hydrogen-bond donors (Lipinski definition) is 7. The first-order chi connectivity index (χ1) is 21.6. The van der Waals surface area contributed by atoms with E-state index in [-0.39, 0.29) is 30.1 Å². The lowest BCUT2D eigenvalue weighted by atomic mass is 10.0. The molecule has 45 heavy (non-hydrogen) atoms. The number of hydrogen-bond acceptors (Lipinski definition) is 8. The molecule has 0 fully saturated rings. The number of benzene rings is 1. The summed E-state index contributed by atoms with van der Waals surface area (Å²) in [5.74, 6) is 1.04. The van der Waals surface area contributed by atoms with Gasteiger partial charge in [0.15, 0.2) is 0 Å². The summed E-state index contributed by atoms with van der Waals surface area (Å²) in [5.41, 5.74) is 12.2. The van der Waals surface area contributed by atoms with E-state index in [1.807, 2.05) is 38.1 Å². The van der Waals surface area contributed by atoms with E-state index in [0.29, 0.717) is 44.1 Å². The largest absolute Gasteiger partial charge is 0.496 e. The van der Waals surface area contributed by atoms with Gasteiger partial charge in [-0.2, -0.15) is 0 Å². The molecule has 256 valence electrons. The number of methoxy groups -OCH3 is 1. The van der Waals surface area contributed by atoms with Gasteiger partial charge >= 0.3 is 0 Å². The average molecular weight is 633 g/mol. The van der Waals surface area contributed by atoms with Crippen LogP contribution in [0.3, 0.4) is 0 Å². The van der Waals surface area contributed by atoms with Gasteiger partial charge in [0.05, 0.1) is 25.4 Å². The monoisotopic (exact) mass is 632 g/mol. The van der Waals surface area contributed by atoms with Gasteiger partial charge in [-0.15, -0.1) is 0 Å². The summed E-state index contributed by atoms with van der Waals surface area (Å²) in [6.45, 7) is 11.3. The zero-order chi connectivity index (χ0) is 33.3. The Bertz CT molecular complexity index is 1000. The molecule has 0 saturated heterocycles. The first-order valence-electron chi connectivity index (χ1n) is 16.5. The summed E-state index contributed by atoms with van der Waals surface area (Å²) < 4.78 is 5.34. The molecule has 0 aliphatic rings. The van der Waals surface area contributed by atoms with Crippen molar-refractivity contribution in [1.29, 1.82) is 0 Å². The molecule has 9 N–H and O–H groups in total. The normalized spacial score (nSPS) is 12.9. The molecule has 1 rings (SSSR count). The Balaban J connectivity index is 2.05. The van der Waals surface area contributed by atoms with E-state index in [1.165, 1.54) is 0 Å². The zero-order valence-electron chi connectivity index (χ0n) is 28.1.